The van der Waals surface area contributed by atoms with Gasteiger partial charge in [-0.3, -0.25) is 14.1 Å². The molecule has 0 aromatic carbocycles. The Morgan fingerprint density at radius 2 is 0.923 bits per heavy atom. The van der Waals surface area contributed by atoms with Gasteiger partial charge in [0.1, 0.15) is 6.61 Å². The van der Waals surface area contributed by atoms with Crippen molar-refractivity contribution in [3.05, 3.63) is 0 Å². The summed E-state index contributed by atoms with van der Waals surface area (Å²) in [5, 5.41) is 0. The molecule has 0 aliphatic rings. The van der Waals surface area contributed by atoms with Gasteiger partial charge in [0.05, 0.1) is 6.61 Å². The van der Waals surface area contributed by atoms with Crippen LogP contribution in [-0.4, -0.2) is 41.0 Å². The summed E-state index contributed by atoms with van der Waals surface area (Å²) in [4.78, 5) is 42.3. The summed E-state index contributed by atoms with van der Waals surface area (Å²) in [7, 11) is -4.73. The average Bonchev–Trinajstić information content (AvgIpc) is 2.89. The zero-order valence-electron chi connectivity index (χ0n) is 25.0. The minimum Gasteiger partial charge on any atom is -0.462 e. The van der Waals surface area contributed by atoms with E-state index in [2.05, 4.69) is 18.4 Å². The Morgan fingerprint density at radius 3 is 1.31 bits per heavy atom. The molecule has 8 nitrogen and oxygen atoms in total. The highest BCUT2D eigenvalue weighted by atomic mass is 31.2. The number of carbonyl (C=O) groups excluding carboxylic acids is 2. The molecule has 0 unspecified atom stereocenters. The summed E-state index contributed by atoms with van der Waals surface area (Å²) in [5.74, 6) is -0.882. The van der Waals surface area contributed by atoms with Crippen LogP contribution in [-0.2, 0) is 28.2 Å². The SMILES string of the molecule is CCCCCCCCCCCCCCC(=O)O[C@H](COC(=O)CCCCCCCCCCC)COP(=O)(O)O. The van der Waals surface area contributed by atoms with E-state index in [1.54, 1.807) is 0 Å². The van der Waals surface area contributed by atoms with Crippen molar-refractivity contribution in [3.8, 4) is 0 Å². The average molecular weight is 579 g/mol. The van der Waals surface area contributed by atoms with Crippen molar-refractivity contribution in [2.45, 2.75) is 168 Å². The zero-order chi connectivity index (χ0) is 29.0. The van der Waals surface area contributed by atoms with Gasteiger partial charge in [0, 0.05) is 12.8 Å². The second kappa shape index (κ2) is 27.2. The molecular weight excluding hydrogens is 519 g/mol. The molecule has 0 heterocycles. The minimum absolute atomic E-state index is 0.218. The zero-order valence-corrected chi connectivity index (χ0v) is 25.9. The lowest BCUT2D eigenvalue weighted by Crippen LogP contribution is -2.29. The van der Waals surface area contributed by atoms with Crippen LogP contribution < -0.4 is 0 Å². The van der Waals surface area contributed by atoms with E-state index in [0.717, 1.165) is 38.5 Å². The maximum absolute atomic E-state index is 12.2. The molecule has 0 aliphatic carbocycles. The Labute approximate surface area is 238 Å². The van der Waals surface area contributed by atoms with E-state index in [1.807, 2.05) is 0 Å². The first kappa shape index (κ1) is 38.0. The first-order valence-corrected chi connectivity index (χ1v) is 17.4. The van der Waals surface area contributed by atoms with E-state index in [-0.39, 0.29) is 19.4 Å². The summed E-state index contributed by atoms with van der Waals surface area (Å²) in [5.41, 5.74) is 0. The summed E-state index contributed by atoms with van der Waals surface area (Å²) >= 11 is 0. The fraction of sp³-hybridized carbons (Fsp3) is 0.933. The molecule has 0 aromatic rings. The lowest BCUT2D eigenvalue weighted by molar-refractivity contribution is -0.161. The molecule has 0 spiro atoms. The van der Waals surface area contributed by atoms with Crippen LogP contribution in [0, 0.1) is 0 Å². The summed E-state index contributed by atoms with van der Waals surface area (Å²) in [6.45, 7) is 3.63. The van der Waals surface area contributed by atoms with Gasteiger partial charge in [0.15, 0.2) is 6.10 Å². The molecule has 0 saturated heterocycles. The first-order valence-electron chi connectivity index (χ1n) is 15.8. The molecule has 0 aromatic heterocycles. The van der Waals surface area contributed by atoms with Crippen LogP contribution >= 0.6 is 7.82 Å². The van der Waals surface area contributed by atoms with Crippen molar-refractivity contribution < 1.29 is 37.9 Å². The quantitative estimate of drug-likeness (QED) is 0.0514. The Kier molecular flexibility index (Phi) is 26.6. The first-order chi connectivity index (χ1) is 18.8. The minimum atomic E-state index is -4.73. The van der Waals surface area contributed by atoms with E-state index in [9.17, 15) is 14.2 Å². The van der Waals surface area contributed by atoms with Crippen LogP contribution in [0.2, 0.25) is 0 Å². The molecule has 39 heavy (non-hydrogen) atoms. The molecule has 9 heteroatoms. The predicted octanol–water partition coefficient (Wildman–Crippen LogP) is 8.56. The van der Waals surface area contributed by atoms with Crippen molar-refractivity contribution in [2.75, 3.05) is 13.2 Å². The largest absolute Gasteiger partial charge is 0.469 e. The predicted molar refractivity (Wildman–Crippen MR) is 156 cm³/mol. The standard InChI is InChI=1S/C30H59O8P/c1-3-5-7-9-11-13-14-15-17-19-21-23-25-30(32)38-28(27-37-39(33,34)35)26-36-29(31)24-22-20-18-16-12-10-8-6-4-2/h28H,3-27H2,1-2H3,(H2,33,34,35)/t28-/m1/s1. The molecule has 0 radical (unpaired) electrons. The number of carbonyl (C=O) groups is 2. The Hall–Kier alpha value is -0.950. The third-order valence-corrected chi connectivity index (χ3v) is 7.36. The van der Waals surface area contributed by atoms with Gasteiger partial charge in [-0.25, -0.2) is 4.57 Å². The highest BCUT2D eigenvalue weighted by Crippen LogP contribution is 2.35. The smallest absolute Gasteiger partial charge is 0.462 e. The van der Waals surface area contributed by atoms with Crippen LogP contribution in [0.25, 0.3) is 0 Å². The van der Waals surface area contributed by atoms with Gasteiger partial charge < -0.3 is 19.3 Å². The van der Waals surface area contributed by atoms with E-state index in [4.69, 9.17) is 19.3 Å². The van der Waals surface area contributed by atoms with Crippen LogP contribution in [0.1, 0.15) is 162 Å². The van der Waals surface area contributed by atoms with Crippen molar-refractivity contribution >= 4 is 19.8 Å². The molecule has 232 valence electrons. The molecule has 0 fully saturated rings. The molecule has 0 bridgehead atoms. The topological polar surface area (TPSA) is 119 Å². The summed E-state index contributed by atoms with van der Waals surface area (Å²) in [6.07, 6.45) is 24.0. The van der Waals surface area contributed by atoms with Gasteiger partial charge in [-0.1, -0.05) is 136 Å². The highest BCUT2D eigenvalue weighted by molar-refractivity contribution is 7.46. The molecule has 0 saturated carbocycles. The second-order valence-electron chi connectivity index (χ2n) is 10.8. The Bertz CT molecular complexity index is 622. The van der Waals surface area contributed by atoms with Crippen LogP contribution in [0.3, 0.4) is 0 Å². The van der Waals surface area contributed by atoms with Gasteiger partial charge in [-0.05, 0) is 12.8 Å². The van der Waals surface area contributed by atoms with Gasteiger partial charge >= 0.3 is 19.8 Å². The third kappa shape index (κ3) is 29.8. The van der Waals surface area contributed by atoms with Crippen molar-refractivity contribution in [2.24, 2.45) is 0 Å². The van der Waals surface area contributed by atoms with Crippen LogP contribution in [0.4, 0.5) is 0 Å². The highest BCUT2D eigenvalue weighted by Gasteiger charge is 2.22. The normalized spacial score (nSPS) is 12.4. The number of rotatable bonds is 29. The molecule has 2 N–H and O–H groups in total. The van der Waals surface area contributed by atoms with Crippen molar-refractivity contribution in [1.29, 1.82) is 0 Å². The van der Waals surface area contributed by atoms with Gasteiger partial charge in [-0.2, -0.15) is 0 Å². The molecule has 0 aliphatic heterocycles. The molecule has 0 amide bonds. The van der Waals surface area contributed by atoms with E-state index >= 15 is 0 Å². The Morgan fingerprint density at radius 1 is 0.564 bits per heavy atom. The van der Waals surface area contributed by atoms with Gasteiger partial charge in [0.2, 0.25) is 0 Å². The van der Waals surface area contributed by atoms with Crippen LogP contribution in [0.5, 0.6) is 0 Å². The molecule has 1 atom stereocenters. The number of phosphoric ester groups is 1. The fourth-order valence-electron chi connectivity index (χ4n) is 4.49. The maximum atomic E-state index is 12.2. The number of hydrogen-bond donors (Lipinski definition) is 2. The fourth-order valence-corrected chi connectivity index (χ4v) is 4.85. The molecular formula is C30H59O8P. The molecule has 0 rings (SSSR count). The lowest BCUT2D eigenvalue weighted by Gasteiger charge is -2.18. The van der Waals surface area contributed by atoms with E-state index < -0.39 is 32.5 Å². The number of esters is 2. The number of unbranched alkanes of at least 4 members (excludes halogenated alkanes) is 19. The Balaban J connectivity index is 4.02. The monoisotopic (exact) mass is 578 g/mol. The van der Waals surface area contributed by atoms with Crippen LogP contribution in [0.15, 0.2) is 0 Å². The van der Waals surface area contributed by atoms with Gasteiger partial charge in [0.25, 0.3) is 0 Å². The van der Waals surface area contributed by atoms with E-state index in [1.165, 1.54) is 89.9 Å². The summed E-state index contributed by atoms with van der Waals surface area (Å²) < 4.78 is 26.1. The lowest BCUT2D eigenvalue weighted by atomic mass is 10.0. The third-order valence-electron chi connectivity index (χ3n) is 6.88. The van der Waals surface area contributed by atoms with E-state index in [0.29, 0.717) is 6.42 Å². The summed E-state index contributed by atoms with van der Waals surface area (Å²) in [6, 6.07) is 0. The van der Waals surface area contributed by atoms with Crippen molar-refractivity contribution in [3.63, 3.8) is 0 Å². The van der Waals surface area contributed by atoms with Gasteiger partial charge in [-0.15, -0.1) is 0 Å². The maximum Gasteiger partial charge on any atom is 0.469 e. The van der Waals surface area contributed by atoms with Crippen molar-refractivity contribution in [1.82, 2.24) is 0 Å². The second-order valence-corrected chi connectivity index (χ2v) is 12.0. The number of ether oxygens (including phenoxy) is 2. The number of hydrogen-bond acceptors (Lipinski definition) is 6. The number of phosphoric acid groups is 1.